The van der Waals surface area contributed by atoms with Gasteiger partial charge in [-0.05, 0) is 0 Å². The number of nitrogen functional groups attached to an aromatic ring is 1. The van der Waals surface area contributed by atoms with Crippen LogP contribution in [0.25, 0.3) is 0 Å². The van der Waals surface area contributed by atoms with Crippen molar-refractivity contribution in [3.05, 3.63) is 34.5 Å². The lowest BCUT2D eigenvalue weighted by atomic mass is 10.5. The minimum Gasteiger partial charge on any atom is -0.392 e. The highest BCUT2D eigenvalue weighted by Gasteiger charge is 2.08. The summed E-state index contributed by atoms with van der Waals surface area (Å²) in [6.45, 7) is 3.64. The number of carbonyl (C=O) groups is 1. The van der Waals surface area contributed by atoms with E-state index in [-0.39, 0.29) is 23.3 Å². The van der Waals surface area contributed by atoms with E-state index in [1.807, 2.05) is 0 Å². The third kappa shape index (κ3) is 2.83. The predicted octanol–water partition coefficient (Wildman–Crippen LogP) is -0.219. The number of nitrogens with one attached hydrogen (secondary N) is 1. The Morgan fingerprint density at radius 3 is 3.06 bits per heavy atom. The fourth-order valence-corrected chi connectivity index (χ4v) is 1.12. The quantitative estimate of drug-likeness (QED) is 0.564. The zero-order valence-corrected chi connectivity index (χ0v) is 9.20. The van der Waals surface area contributed by atoms with Crippen LogP contribution >= 0.6 is 11.6 Å². The molecule has 0 unspecified atom stereocenters. The number of hydrogen-bond acceptors (Lipinski definition) is 4. The lowest BCUT2D eigenvalue weighted by molar-refractivity contribution is -0.121. The Kier molecular flexibility index (Phi) is 4.07. The minimum absolute atomic E-state index is 0.0623. The van der Waals surface area contributed by atoms with Crippen LogP contribution in [0.1, 0.15) is 0 Å². The molecule has 1 aromatic heterocycles. The van der Waals surface area contributed by atoms with Gasteiger partial charge in [0.1, 0.15) is 12.2 Å². The van der Waals surface area contributed by atoms with E-state index < -0.39 is 5.56 Å². The zero-order chi connectivity index (χ0) is 12.1. The zero-order valence-electron chi connectivity index (χ0n) is 8.44. The van der Waals surface area contributed by atoms with Gasteiger partial charge in [-0.25, -0.2) is 4.98 Å². The summed E-state index contributed by atoms with van der Waals surface area (Å²) in [6, 6.07) is 0. The van der Waals surface area contributed by atoms with Crippen LogP contribution in [0.3, 0.4) is 0 Å². The number of anilines is 1. The molecular weight excluding hydrogens is 232 g/mol. The molecule has 0 aliphatic heterocycles. The first-order chi connectivity index (χ1) is 7.56. The van der Waals surface area contributed by atoms with Gasteiger partial charge in [0.2, 0.25) is 5.91 Å². The van der Waals surface area contributed by atoms with Crippen LogP contribution in [0.5, 0.6) is 0 Å². The van der Waals surface area contributed by atoms with Crippen molar-refractivity contribution in [2.24, 2.45) is 0 Å². The van der Waals surface area contributed by atoms with Gasteiger partial charge in [-0.1, -0.05) is 17.7 Å². The van der Waals surface area contributed by atoms with Crippen molar-refractivity contribution in [3.8, 4) is 0 Å². The molecule has 0 aliphatic rings. The van der Waals surface area contributed by atoms with Gasteiger partial charge in [0.15, 0.2) is 5.15 Å². The maximum atomic E-state index is 11.5. The Bertz CT molecular complexity index is 469. The van der Waals surface area contributed by atoms with Crippen LogP contribution in [0.2, 0.25) is 5.15 Å². The highest BCUT2D eigenvalue weighted by Crippen LogP contribution is 2.07. The maximum absolute atomic E-state index is 11.5. The predicted molar refractivity (Wildman–Crippen MR) is 61.1 cm³/mol. The highest BCUT2D eigenvalue weighted by molar-refractivity contribution is 6.31. The number of halogens is 1. The van der Waals surface area contributed by atoms with Gasteiger partial charge in [0.05, 0.1) is 6.33 Å². The molecular formula is C9H11ClN4O2. The van der Waals surface area contributed by atoms with E-state index in [2.05, 4.69) is 16.9 Å². The first-order valence-corrected chi connectivity index (χ1v) is 4.82. The number of aromatic nitrogens is 2. The van der Waals surface area contributed by atoms with E-state index in [1.165, 1.54) is 12.4 Å². The van der Waals surface area contributed by atoms with Gasteiger partial charge < -0.3 is 11.1 Å². The molecule has 1 heterocycles. The summed E-state index contributed by atoms with van der Waals surface area (Å²) >= 11 is 5.54. The normalized spacial score (nSPS) is 9.81. The van der Waals surface area contributed by atoms with Gasteiger partial charge in [-0.2, -0.15) is 0 Å². The van der Waals surface area contributed by atoms with Crippen LogP contribution in [-0.2, 0) is 11.3 Å². The molecule has 0 radical (unpaired) electrons. The van der Waals surface area contributed by atoms with E-state index in [0.29, 0.717) is 6.54 Å². The van der Waals surface area contributed by atoms with Crippen LogP contribution in [0.15, 0.2) is 23.8 Å². The van der Waals surface area contributed by atoms with Crippen molar-refractivity contribution in [1.82, 2.24) is 14.9 Å². The molecule has 1 rings (SSSR count). The molecule has 7 heteroatoms. The molecule has 0 bridgehead atoms. The third-order valence-electron chi connectivity index (χ3n) is 1.78. The van der Waals surface area contributed by atoms with Crippen LogP contribution in [-0.4, -0.2) is 22.0 Å². The van der Waals surface area contributed by atoms with Crippen LogP contribution in [0.4, 0.5) is 5.69 Å². The summed E-state index contributed by atoms with van der Waals surface area (Å²) < 4.78 is 1.08. The van der Waals surface area contributed by atoms with E-state index in [9.17, 15) is 9.59 Å². The second-order valence-electron chi connectivity index (χ2n) is 2.97. The molecule has 0 aromatic carbocycles. The van der Waals surface area contributed by atoms with Crippen molar-refractivity contribution in [1.29, 1.82) is 0 Å². The van der Waals surface area contributed by atoms with Crippen molar-refractivity contribution in [3.63, 3.8) is 0 Å². The molecule has 6 nitrogen and oxygen atoms in total. The summed E-state index contributed by atoms with van der Waals surface area (Å²) in [5.41, 5.74) is 4.68. The Hall–Kier alpha value is -1.82. The molecule has 0 fully saturated rings. The largest absolute Gasteiger partial charge is 0.392 e. The Morgan fingerprint density at radius 2 is 2.44 bits per heavy atom. The van der Waals surface area contributed by atoms with Crippen molar-refractivity contribution < 1.29 is 4.79 Å². The molecule has 0 saturated carbocycles. The number of carbonyl (C=O) groups excluding carboxylic acids is 1. The summed E-state index contributed by atoms with van der Waals surface area (Å²) in [4.78, 5) is 26.5. The van der Waals surface area contributed by atoms with Gasteiger partial charge >= 0.3 is 0 Å². The molecule has 1 aromatic rings. The Morgan fingerprint density at radius 1 is 1.75 bits per heavy atom. The SMILES string of the molecule is C=CCNC(=O)Cn1cnc(Cl)c(N)c1=O. The standard InChI is InChI=1S/C9H11ClN4O2/c1-2-3-12-6(15)4-14-5-13-8(10)7(11)9(14)16/h2,5H,1,3-4,11H2,(H,12,15). The van der Waals surface area contributed by atoms with E-state index in [4.69, 9.17) is 17.3 Å². The Balaban J connectivity index is 2.82. The smallest absolute Gasteiger partial charge is 0.278 e. The van der Waals surface area contributed by atoms with Gasteiger partial charge in [0, 0.05) is 6.54 Å². The average Bonchev–Trinajstić information content (AvgIpc) is 2.27. The van der Waals surface area contributed by atoms with Gasteiger partial charge in [-0.3, -0.25) is 14.2 Å². The third-order valence-corrected chi connectivity index (χ3v) is 2.08. The van der Waals surface area contributed by atoms with Crippen LogP contribution in [0, 0.1) is 0 Å². The summed E-state index contributed by atoms with van der Waals surface area (Å²) in [6.07, 6.45) is 2.71. The number of amides is 1. The van der Waals surface area contributed by atoms with Crippen molar-refractivity contribution >= 4 is 23.2 Å². The topological polar surface area (TPSA) is 90.0 Å². The summed E-state index contributed by atoms with van der Waals surface area (Å²) in [5, 5.41) is 2.46. The van der Waals surface area contributed by atoms with Crippen LogP contribution < -0.4 is 16.6 Å². The minimum atomic E-state index is -0.534. The van der Waals surface area contributed by atoms with Crippen molar-refractivity contribution in [2.45, 2.75) is 6.54 Å². The summed E-state index contributed by atoms with van der Waals surface area (Å²) in [5.74, 6) is -0.328. The highest BCUT2D eigenvalue weighted by atomic mass is 35.5. The molecule has 0 aliphatic carbocycles. The first kappa shape index (κ1) is 12.3. The second-order valence-corrected chi connectivity index (χ2v) is 3.33. The van der Waals surface area contributed by atoms with E-state index in [0.717, 1.165) is 4.57 Å². The molecule has 16 heavy (non-hydrogen) atoms. The maximum Gasteiger partial charge on any atom is 0.278 e. The first-order valence-electron chi connectivity index (χ1n) is 4.44. The molecule has 3 N–H and O–H groups in total. The van der Waals surface area contributed by atoms with E-state index in [1.54, 1.807) is 0 Å². The number of nitrogens with two attached hydrogens (primary N) is 1. The monoisotopic (exact) mass is 242 g/mol. The number of rotatable bonds is 4. The van der Waals surface area contributed by atoms with Crippen molar-refractivity contribution in [2.75, 3.05) is 12.3 Å². The fourth-order valence-electron chi connectivity index (χ4n) is 0.995. The van der Waals surface area contributed by atoms with Gasteiger partial charge in [0.25, 0.3) is 5.56 Å². The molecule has 0 atom stereocenters. The lowest BCUT2D eigenvalue weighted by Crippen LogP contribution is -2.33. The summed E-state index contributed by atoms with van der Waals surface area (Å²) in [7, 11) is 0. The van der Waals surface area contributed by atoms with Gasteiger partial charge in [-0.15, -0.1) is 6.58 Å². The number of nitrogens with zero attached hydrogens (tertiary/aromatic N) is 2. The molecule has 0 spiro atoms. The van der Waals surface area contributed by atoms with E-state index >= 15 is 0 Å². The molecule has 1 amide bonds. The second kappa shape index (κ2) is 5.32. The Labute approximate surface area is 96.7 Å². The number of hydrogen-bond donors (Lipinski definition) is 2. The fraction of sp³-hybridized carbons (Fsp3) is 0.222. The lowest BCUT2D eigenvalue weighted by Gasteiger charge is -2.06. The average molecular weight is 243 g/mol. The molecule has 0 saturated heterocycles. The molecule has 86 valence electrons.